The van der Waals surface area contributed by atoms with Gasteiger partial charge in [0, 0.05) is 18.7 Å². The van der Waals surface area contributed by atoms with Crippen LogP contribution in [0.4, 0.5) is 5.69 Å². The van der Waals surface area contributed by atoms with Crippen LogP contribution in [-0.4, -0.2) is 28.5 Å². The minimum atomic E-state index is -0.959. The summed E-state index contributed by atoms with van der Waals surface area (Å²) in [4.78, 5) is 29.1. The average molecular weight is 357 g/mol. The molecule has 0 saturated carbocycles. The quantitative estimate of drug-likeness (QED) is 0.775. The molecule has 2 aromatic carbocycles. The fourth-order valence-corrected chi connectivity index (χ4v) is 3.17. The van der Waals surface area contributed by atoms with Gasteiger partial charge in [-0.25, -0.2) is 4.98 Å². The SMILES string of the molecule is O=C(O)C1CC(=O)N(c2ccc3oc(-c4ccccc4Cl)nc3c2)C1. The Morgan fingerprint density at radius 1 is 1.28 bits per heavy atom. The number of oxazole rings is 1. The summed E-state index contributed by atoms with van der Waals surface area (Å²) in [5.41, 5.74) is 2.45. The first-order valence-electron chi connectivity index (χ1n) is 7.71. The Bertz CT molecular complexity index is 998. The van der Waals surface area contributed by atoms with E-state index >= 15 is 0 Å². The van der Waals surface area contributed by atoms with E-state index in [1.807, 2.05) is 18.2 Å². The van der Waals surface area contributed by atoms with Crippen LogP contribution in [0, 0.1) is 5.92 Å². The normalized spacial score (nSPS) is 17.4. The second-order valence-electron chi connectivity index (χ2n) is 5.89. The molecule has 1 aromatic heterocycles. The summed E-state index contributed by atoms with van der Waals surface area (Å²) in [5, 5.41) is 9.64. The Balaban J connectivity index is 1.71. The number of amides is 1. The van der Waals surface area contributed by atoms with E-state index in [1.165, 1.54) is 4.90 Å². The highest BCUT2D eigenvalue weighted by Crippen LogP contribution is 2.32. The van der Waals surface area contributed by atoms with Crippen LogP contribution in [0.25, 0.3) is 22.6 Å². The van der Waals surface area contributed by atoms with E-state index in [9.17, 15) is 9.59 Å². The van der Waals surface area contributed by atoms with Crippen LogP contribution in [0.15, 0.2) is 46.9 Å². The smallest absolute Gasteiger partial charge is 0.308 e. The summed E-state index contributed by atoms with van der Waals surface area (Å²) in [7, 11) is 0. The molecule has 0 spiro atoms. The van der Waals surface area contributed by atoms with Gasteiger partial charge in [-0.1, -0.05) is 23.7 Å². The van der Waals surface area contributed by atoms with E-state index in [-0.39, 0.29) is 18.9 Å². The van der Waals surface area contributed by atoms with Crippen LogP contribution >= 0.6 is 11.6 Å². The highest BCUT2D eigenvalue weighted by atomic mass is 35.5. The Labute approximate surface area is 147 Å². The van der Waals surface area contributed by atoms with Crippen LogP contribution < -0.4 is 4.90 Å². The first-order valence-corrected chi connectivity index (χ1v) is 8.09. The predicted molar refractivity (Wildman–Crippen MR) is 92.6 cm³/mol. The number of carbonyl (C=O) groups is 2. The first-order chi connectivity index (χ1) is 12.0. The second-order valence-corrected chi connectivity index (χ2v) is 6.30. The van der Waals surface area contributed by atoms with Crippen LogP contribution in [0.5, 0.6) is 0 Å². The Hall–Kier alpha value is -2.86. The lowest BCUT2D eigenvalue weighted by Gasteiger charge is -2.15. The zero-order chi connectivity index (χ0) is 17.6. The number of nitrogens with zero attached hydrogens (tertiary/aromatic N) is 2. The number of rotatable bonds is 3. The molecular weight excluding hydrogens is 344 g/mol. The first kappa shape index (κ1) is 15.7. The van der Waals surface area contributed by atoms with Gasteiger partial charge in [0.05, 0.1) is 16.5 Å². The molecule has 0 radical (unpaired) electrons. The van der Waals surface area contributed by atoms with Gasteiger partial charge in [-0.3, -0.25) is 9.59 Å². The van der Waals surface area contributed by atoms with Crippen LogP contribution in [0.2, 0.25) is 5.02 Å². The van der Waals surface area contributed by atoms with Crippen molar-refractivity contribution in [3.8, 4) is 11.5 Å². The number of halogens is 1. The molecular formula is C18H13ClN2O4. The van der Waals surface area contributed by atoms with Crippen molar-refractivity contribution in [2.24, 2.45) is 5.92 Å². The van der Waals surface area contributed by atoms with E-state index in [0.717, 1.165) is 0 Å². The molecule has 2 heterocycles. The van der Waals surface area contributed by atoms with Crippen molar-refractivity contribution in [2.45, 2.75) is 6.42 Å². The molecule has 1 fully saturated rings. The summed E-state index contributed by atoms with van der Waals surface area (Å²) < 4.78 is 5.75. The highest BCUT2D eigenvalue weighted by molar-refractivity contribution is 6.33. The van der Waals surface area contributed by atoms with E-state index in [2.05, 4.69) is 4.98 Å². The lowest BCUT2D eigenvalue weighted by atomic mass is 10.1. The van der Waals surface area contributed by atoms with Gasteiger partial charge in [0.15, 0.2) is 5.58 Å². The molecule has 1 amide bonds. The Morgan fingerprint density at radius 3 is 2.80 bits per heavy atom. The summed E-state index contributed by atoms with van der Waals surface area (Å²) in [6, 6.07) is 12.4. The average Bonchev–Trinajstić information content (AvgIpc) is 3.18. The zero-order valence-corrected chi connectivity index (χ0v) is 13.7. The maximum Gasteiger partial charge on any atom is 0.308 e. The van der Waals surface area contributed by atoms with Gasteiger partial charge < -0.3 is 14.4 Å². The number of fused-ring (bicyclic) bond motifs is 1. The molecule has 1 N–H and O–H groups in total. The molecule has 1 atom stereocenters. The van der Waals surface area contributed by atoms with Crippen molar-refractivity contribution in [1.29, 1.82) is 0 Å². The van der Waals surface area contributed by atoms with Crippen LogP contribution in [0.3, 0.4) is 0 Å². The number of hydrogen-bond donors (Lipinski definition) is 1. The van der Waals surface area contributed by atoms with Gasteiger partial charge >= 0.3 is 5.97 Å². The number of carbonyl (C=O) groups excluding carboxylic acids is 1. The van der Waals surface area contributed by atoms with Crippen molar-refractivity contribution in [2.75, 3.05) is 11.4 Å². The minimum Gasteiger partial charge on any atom is -0.481 e. The third-order valence-corrected chi connectivity index (χ3v) is 4.59. The second kappa shape index (κ2) is 5.89. The Morgan fingerprint density at radius 2 is 2.08 bits per heavy atom. The lowest BCUT2D eigenvalue weighted by molar-refractivity contribution is -0.141. The minimum absolute atomic E-state index is 0.0110. The predicted octanol–water partition coefficient (Wildman–Crippen LogP) is 3.59. The van der Waals surface area contributed by atoms with Crippen molar-refractivity contribution in [3.63, 3.8) is 0 Å². The Kier molecular flexibility index (Phi) is 3.69. The van der Waals surface area contributed by atoms with Gasteiger partial charge in [0.1, 0.15) is 5.52 Å². The van der Waals surface area contributed by atoms with Crippen molar-refractivity contribution >= 4 is 40.3 Å². The van der Waals surface area contributed by atoms with Crippen LogP contribution in [-0.2, 0) is 9.59 Å². The van der Waals surface area contributed by atoms with Crippen molar-refractivity contribution < 1.29 is 19.1 Å². The third kappa shape index (κ3) is 2.74. The molecule has 1 aliphatic rings. The summed E-state index contributed by atoms with van der Waals surface area (Å²) >= 11 is 6.18. The lowest BCUT2D eigenvalue weighted by Crippen LogP contribution is -2.25. The van der Waals surface area contributed by atoms with Crippen molar-refractivity contribution in [1.82, 2.24) is 4.98 Å². The number of carboxylic acid groups (broad SMARTS) is 1. The third-order valence-electron chi connectivity index (χ3n) is 4.26. The number of aromatic nitrogens is 1. The molecule has 0 aliphatic carbocycles. The molecule has 0 bridgehead atoms. The van der Waals surface area contributed by atoms with E-state index < -0.39 is 11.9 Å². The standard InChI is InChI=1S/C18H13ClN2O4/c19-13-4-2-1-3-12(13)17-20-14-8-11(5-6-15(14)25-17)21-9-10(18(23)24)7-16(21)22/h1-6,8,10H,7,9H2,(H,23,24). The number of hydrogen-bond acceptors (Lipinski definition) is 4. The van der Waals surface area contributed by atoms with Crippen LogP contribution in [0.1, 0.15) is 6.42 Å². The summed E-state index contributed by atoms with van der Waals surface area (Å²) in [6.07, 6.45) is 0.0110. The zero-order valence-electron chi connectivity index (χ0n) is 13.0. The van der Waals surface area contributed by atoms with Gasteiger partial charge in [0.2, 0.25) is 11.8 Å². The molecule has 7 heteroatoms. The molecule has 4 rings (SSSR count). The summed E-state index contributed by atoms with van der Waals surface area (Å²) in [6.45, 7) is 0.162. The summed E-state index contributed by atoms with van der Waals surface area (Å²) in [5.74, 6) is -1.45. The molecule has 1 aliphatic heterocycles. The largest absolute Gasteiger partial charge is 0.481 e. The molecule has 126 valence electrons. The number of anilines is 1. The van der Waals surface area contributed by atoms with E-state index in [1.54, 1.807) is 24.3 Å². The fraction of sp³-hybridized carbons (Fsp3) is 0.167. The maximum atomic E-state index is 12.1. The van der Waals surface area contributed by atoms with Gasteiger partial charge in [-0.2, -0.15) is 0 Å². The number of carboxylic acids is 1. The number of benzene rings is 2. The van der Waals surface area contributed by atoms with E-state index in [4.69, 9.17) is 21.1 Å². The molecule has 6 nitrogen and oxygen atoms in total. The fourth-order valence-electron chi connectivity index (χ4n) is 2.96. The molecule has 25 heavy (non-hydrogen) atoms. The topological polar surface area (TPSA) is 83.6 Å². The molecule has 1 saturated heterocycles. The number of aliphatic carboxylic acids is 1. The van der Waals surface area contributed by atoms with Gasteiger partial charge in [-0.15, -0.1) is 0 Å². The monoisotopic (exact) mass is 356 g/mol. The molecule has 3 aromatic rings. The highest BCUT2D eigenvalue weighted by Gasteiger charge is 2.35. The van der Waals surface area contributed by atoms with Crippen molar-refractivity contribution in [3.05, 3.63) is 47.5 Å². The van der Waals surface area contributed by atoms with E-state index in [0.29, 0.717) is 33.3 Å². The molecule has 1 unspecified atom stereocenters. The van der Waals surface area contributed by atoms with Gasteiger partial charge in [-0.05, 0) is 30.3 Å². The maximum absolute atomic E-state index is 12.1. The van der Waals surface area contributed by atoms with Gasteiger partial charge in [0.25, 0.3) is 0 Å².